The van der Waals surface area contributed by atoms with Gasteiger partial charge in [-0.3, -0.25) is 6.08 Å². The van der Waals surface area contributed by atoms with E-state index in [0.717, 1.165) is 15.9 Å². The van der Waals surface area contributed by atoms with Crippen molar-refractivity contribution in [3.05, 3.63) is 89.2 Å². The van der Waals surface area contributed by atoms with E-state index in [9.17, 15) is 0 Å². The molecule has 0 bridgehead atoms. The first-order chi connectivity index (χ1) is 16.9. The molecule has 3 rings (SSSR count). The fourth-order valence-electron chi connectivity index (χ4n) is 3.68. The van der Waals surface area contributed by atoms with E-state index in [4.69, 9.17) is 5.73 Å². The second-order valence-electron chi connectivity index (χ2n) is 9.33. The maximum atomic E-state index is 6.95. The van der Waals surface area contributed by atoms with Crippen molar-refractivity contribution < 1.29 is 26.2 Å². The summed E-state index contributed by atoms with van der Waals surface area (Å²) >= 11 is 0. The number of hydrogen-bond acceptors (Lipinski definition) is 0. The summed E-state index contributed by atoms with van der Waals surface area (Å²) in [5, 5.41) is 0. The molecule has 1 aliphatic rings. The van der Waals surface area contributed by atoms with E-state index in [1.54, 1.807) is 0 Å². The Bertz CT molecular complexity index is 753. The zero-order valence-corrected chi connectivity index (χ0v) is 27.9. The van der Waals surface area contributed by atoms with Crippen molar-refractivity contribution in [1.29, 1.82) is 0 Å². The number of rotatable bonds is 9. The van der Waals surface area contributed by atoms with Gasteiger partial charge in [-0.1, -0.05) is 159 Å². The van der Waals surface area contributed by atoms with Crippen LogP contribution in [0.25, 0.3) is 16.9 Å². The first-order valence-corrected chi connectivity index (χ1v) is 16.0. The Morgan fingerprint density at radius 2 is 1.11 bits per heavy atom. The van der Waals surface area contributed by atoms with Crippen molar-refractivity contribution in [2.75, 3.05) is 6.54 Å². The Labute approximate surface area is 246 Å². The van der Waals surface area contributed by atoms with E-state index >= 15 is 0 Å². The molecule has 1 radical (unpaired) electrons. The van der Waals surface area contributed by atoms with Crippen molar-refractivity contribution in [3.63, 3.8) is 0 Å². The van der Waals surface area contributed by atoms with E-state index in [1.807, 2.05) is 12.1 Å². The molecule has 1 nitrogen and oxygen atoms in total. The molecule has 0 heterocycles. The largest absolute Gasteiger partial charge is 2.00 e. The predicted octanol–water partition coefficient (Wildman–Crippen LogP) is 10.8. The average Bonchev–Trinajstić information content (AvgIpc) is 3.11. The van der Waals surface area contributed by atoms with Gasteiger partial charge in [0.05, 0.1) is 0 Å². The van der Waals surface area contributed by atoms with Gasteiger partial charge in [0.2, 0.25) is 0 Å². The molecular formula is C33H52NSiZr. The number of allylic oxidation sites excluding steroid dienone is 4. The van der Waals surface area contributed by atoms with E-state index in [-0.39, 0.29) is 26.2 Å². The second kappa shape index (κ2) is 25.6. The van der Waals surface area contributed by atoms with Crippen LogP contribution in [0.3, 0.4) is 0 Å². The van der Waals surface area contributed by atoms with Crippen LogP contribution in [-0.2, 0) is 26.2 Å². The summed E-state index contributed by atoms with van der Waals surface area (Å²) in [5.74, 6) is 0.560. The third kappa shape index (κ3) is 18.3. The summed E-state index contributed by atoms with van der Waals surface area (Å²) in [6, 6.07) is 20.8. The molecule has 0 fully saturated rings. The predicted molar refractivity (Wildman–Crippen MR) is 163 cm³/mol. The Kier molecular flexibility index (Phi) is 26.4. The monoisotopic (exact) mass is 580 g/mol. The normalized spacial score (nSPS) is 13.7. The smallest absolute Gasteiger partial charge is 0.677 e. The number of hydrogen-bond donors (Lipinski definition) is 0. The number of nitrogens with one attached hydrogen (secondary N) is 1. The summed E-state index contributed by atoms with van der Waals surface area (Å²) in [6.45, 7) is 16.0. The molecule has 0 spiro atoms. The Morgan fingerprint density at radius 3 is 1.39 bits per heavy atom. The summed E-state index contributed by atoms with van der Waals surface area (Å²) < 4.78 is 0. The third-order valence-electron chi connectivity index (χ3n) is 6.15. The van der Waals surface area contributed by atoms with Crippen LogP contribution in [0, 0.1) is 12.0 Å². The van der Waals surface area contributed by atoms with Gasteiger partial charge >= 0.3 is 26.2 Å². The van der Waals surface area contributed by atoms with Crippen molar-refractivity contribution >= 4 is 9.52 Å². The van der Waals surface area contributed by atoms with Gasteiger partial charge in [-0.2, -0.15) is 17.7 Å². The van der Waals surface area contributed by atoms with Gasteiger partial charge in [-0.05, 0) is 11.1 Å². The van der Waals surface area contributed by atoms with Crippen LogP contribution in [0.5, 0.6) is 0 Å². The molecule has 1 N–H and O–H groups in total. The molecule has 0 saturated carbocycles. The average molecular weight is 582 g/mol. The summed E-state index contributed by atoms with van der Waals surface area (Å²) in [6.07, 6.45) is 14.0. The summed E-state index contributed by atoms with van der Waals surface area (Å²) in [5.41, 5.74) is 13.7. The van der Waals surface area contributed by atoms with Crippen molar-refractivity contribution in [1.82, 2.24) is 0 Å². The van der Waals surface area contributed by atoms with Crippen LogP contribution in [-0.4, -0.2) is 16.1 Å². The molecule has 3 heteroatoms. The fourth-order valence-corrected chi connectivity index (χ4v) is 3.68. The molecule has 2 aromatic carbocycles. The van der Waals surface area contributed by atoms with Crippen LogP contribution >= 0.6 is 0 Å². The molecule has 0 amide bonds. The molecule has 2 aromatic rings. The molecule has 197 valence electrons. The maximum Gasteiger partial charge on any atom is 2.00 e. The Balaban J connectivity index is 0. The first kappa shape index (κ1) is 37.1. The van der Waals surface area contributed by atoms with Gasteiger partial charge in [0.25, 0.3) is 0 Å². The van der Waals surface area contributed by atoms with Crippen molar-refractivity contribution in [2.24, 2.45) is 5.92 Å². The molecule has 36 heavy (non-hydrogen) atoms. The van der Waals surface area contributed by atoms with Crippen molar-refractivity contribution in [3.8, 4) is 11.1 Å². The molecule has 0 aromatic heterocycles. The number of unbranched alkanes of at least 4 members (excludes halogenated alkanes) is 7. The molecule has 1 atom stereocenters. The van der Waals surface area contributed by atoms with Gasteiger partial charge in [-0.15, -0.1) is 6.92 Å². The van der Waals surface area contributed by atoms with Crippen LogP contribution in [0.15, 0.2) is 77.4 Å². The summed E-state index contributed by atoms with van der Waals surface area (Å²) in [7, 11) is 0.750. The number of benzene rings is 2. The van der Waals surface area contributed by atoms with Crippen LogP contribution < -0.4 is 0 Å². The molecule has 0 aliphatic heterocycles. The molecule has 0 saturated heterocycles. The minimum atomic E-state index is 0. The minimum Gasteiger partial charge on any atom is -0.677 e. The topological polar surface area (TPSA) is 23.8 Å². The molecular weight excluding hydrogens is 530 g/mol. The zero-order chi connectivity index (χ0) is 26.3. The van der Waals surface area contributed by atoms with Gasteiger partial charge in [-0.25, -0.2) is 5.57 Å². The standard InChI is InChI=1S/C12H10.C10H22N.C9H13.C2H7Si.Zr/c1-3-7-11(8-4-1)12-9-5-2-6-10-12;1-2-3-4-5-6-7-8-9-10-11;1-6-5-7(2)9(4)8(6)3;1-3-2;/h1-10H;11H,2-10H2,1H3;6H,1-4H3;3H,1-2H3;/q;2*-1;;+2. The van der Waals surface area contributed by atoms with Gasteiger partial charge in [0.15, 0.2) is 0 Å². The van der Waals surface area contributed by atoms with E-state index < -0.39 is 0 Å². The molecule has 1 unspecified atom stereocenters. The van der Waals surface area contributed by atoms with Gasteiger partial charge < -0.3 is 5.73 Å². The SMILES string of the molecule is CC1=[C-]C(C)C(C)=C1C.CCCCCCCCCC[NH-].C[SiH]C.[Zr+2].c1ccc(-c2ccccc2)cc1. The quantitative estimate of drug-likeness (QED) is 0.160. The van der Waals surface area contributed by atoms with Gasteiger partial charge in [0, 0.05) is 9.52 Å². The minimum absolute atomic E-state index is 0. The fraction of sp³-hybridized carbons (Fsp3) is 0.515. The third-order valence-corrected chi connectivity index (χ3v) is 6.15. The van der Waals surface area contributed by atoms with Crippen LogP contribution in [0.4, 0.5) is 0 Å². The van der Waals surface area contributed by atoms with Gasteiger partial charge in [0.1, 0.15) is 0 Å². The zero-order valence-electron chi connectivity index (χ0n) is 24.3. The first-order valence-electron chi connectivity index (χ1n) is 13.7. The second-order valence-corrected chi connectivity index (χ2v) is 10.5. The van der Waals surface area contributed by atoms with E-state index in [2.05, 4.69) is 102 Å². The van der Waals surface area contributed by atoms with E-state index in [0.29, 0.717) is 12.5 Å². The molecule has 1 aliphatic carbocycles. The summed E-state index contributed by atoms with van der Waals surface area (Å²) in [4.78, 5) is 0. The van der Waals surface area contributed by atoms with Crippen LogP contribution in [0.1, 0.15) is 86.0 Å². The Morgan fingerprint density at radius 1 is 0.722 bits per heavy atom. The van der Waals surface area contributed by atoms with E-state index in [1.165, 1.54) is 72.8 Å². The van der Waals surface area contributed by atoms with Crippen LogP contribution in [0.2, 0.25) is 13.1 Å². The van der Waals surface area contributed by atoms with Crippen molar-refractivity contribution in [2.45, 2.75) is 99.1 Å². The maximum absolute atomic E-state index is 6.95. The Hall–Kier alpha value is -1.02.